The predicted molar refractivity (Wildman–Crippen MR) is 228 cm³/mol. The van der Waals surface area contributed by atoms with Gasteiger partial charge in [-0.2, -0.15) is 0 Å². The third kappa shape index (κ3) is 11.1. The Morgan fingerprint density at radius 3 is 2.28 bits per heavy atom. The van der Waals surface area contributed by atoms with E-state index in [2.05, 4.69) is 31.0 Å². The molecule has 5 aromatic rings. The van der Waals surface area contributed by atoms with E-state index in [4.69, 9.17) is 25.1 Å². The molecule has 0 saturated carbocycles. The molecule has 0 spiro atoms. The number of anilines is 5. The molecule has 0 radical (unpaired) electrons. The van der Waals surface area contributed by atoms with Crippen molar-refractivity contribution in [1.29, 1.82) is 0 Å². The number of aromatic nitrogens is 1. The highest BCUT2D eigenvalue weighted by atomic mass is 32.2. The molecule has 1 unspecified atom stereocenters. The van der Waals surface area contributed by atoms with Gasteiger partial charge in [0.25, 0.3) is 5.91 Å². The summed E-state index contributed by atoms with van der Waals surface area (Å²) in [7, 11) is 1.59. The van der Waals surface area contributed by atoms with Gasteiger partial charge < -0.3 is 51.0 Å². The number of urea groups is 1. The van der Waals surface area contributed by atoms with Crippen LogP contribution < -0.4 is 45.9 Å². The Morgan fingerprint density at radius 1 is 0.862 bits per heavy atom. The third-order valence-electron chi connectivity index (χ3n) is 9.02. The fraction of sp³-hybridized carbons (Fsp3) is 0.286. The molecule has 3 amide bonds. The number of hydrogen-bond acceptors (Lipinski definition) is 10. The van der Waals surface area contributed by atoms with Crippen LogP contribution in [0.2, 0.25) is 0 Å². The van der Waals surface area contributed by atoms with E-state index in [-0.39, 0.29) is 11.3 Å². The number of carboxylic acids is 1. The Hall–Kier alpha value is -6.39. The molecule has 5 rings (SSSR count). The van der Waals surface area contributed by atoms with Crippen molar-refractivity contribution in [3.8, 4) is 23.0 Å². The predicted octanol–water partition coefficient (Wildman–Crippen LogP) is 7.75. The molecule has 306 valence electrons. The number of hydrogen-bond donors (Lipinski definition) is 7. The van der Waals surface area contributed by atoms with Crippen LogP contribution in [-0.2, 0) is 21.2 Å². The van der Waals surface area contributed by atoms with Crippen LogP contribution in [0, 0.1) is 0 Å². The number of nitrogens with one attached hydrogen (secondary N) is 5. The summed E-state index contributed by atoms with van der Waals surface area (Å²) >= 11 is 0. The number of fused-ring (bicyclic) bond motifs is 1. The van der Waals surface area contributed by atoms with Crippen LogP contribution in [0.25, 0.3) is 10.8 Å². The number of aliphatic carboxylic acids is 1. The molecule has 4 aromatic carbocycles. The number of pyridine rings is 1. The van der Waals surface area contributed by atoms with Crippen molar-refractivity contribution >= 4 is 68.2 Å². The number of carbonyl (C=O) groups is 3. The molecular formula is C42H49N7O8S. The van der Waals surface area contributed by atoms with Gasteiger partial charge in [-0.15, -0.1) is 0 Å². The first-order valence-electron chi connectivity index (χ1n) is 18.4. The highest BCUT2D eigenvalue weighted by Gasteiger charge is 2.22. The fourth-order valence-corrected chi connectivity index (χ4v) is 6.50. The van der Waals surface area contributed by atoms with Gasteiger partial charge in [-0.25, -0.2) is 14.0 Å². The zero-order chi connectivity index (χ0) is 42.0. The molecule has 8 N–H and O–H groups in total. The number of unbranched alkanes of at least 4 members (excludes halogenated alkanes) is 1. The summed E-state index contributed by atoms with van der Waals surface area (Å²) in [6.07, 6.45) is 4.60. The Bertz CT molecular complexity index is 2310. The molecule has 1 heterocycles. The van der Waals surface area contributed by atoms with E-state index < -0.39 is 29.0 Å². The summed E-state index contributed by atoms with van der Waals surface area (Å²) in [5.74, 6) is 0.855. The second-order valence-electron chi connectivity index (χ2n) is 14.4. The minimum Gasteiger partial charge on any atom is -0.496 e. The lowest BCUT2D eigenvalue weighted by atomic mass is 9.86. The molecule has 0 bridgehead atoms. The average Bonchev–Trinajstić information content (AvgIpc) is 3.18. The number of amides is 3. The van der Waals surface area contributed by atoms with Crippen LogP contribution in [0.3, 0.4) is 0 Å². The smallest absolute Gasteiger partial charge is 0.323 e. The summed E-state index contributed by atoms with van der Waals surface area (Å²) in [6, 6.07) is 21.8. The van der Waals surface area contributed by atoms with Crippen LogP contribution in [0.15, 0.2) is 85.1 Å². The van der Waals surface area contributed by atoms with Gasteiger partial charge in [0, 0.05) is 47.6 Å². The maximum absolute atomic E-state index is 13.5. The number of ether oxygens (including phenoxy) is 3. The standard InChI is InChI=1S/C42H49N7O8S/c1-42(2,3)25-21-33(38(56-5)34(22-25)49-58(6)54)48-41(53)47-32-16-17-35(29-12-8-7-11-28(29)32)57-27-18-20-44-37(24-27)46-26-14-15-30(36(23-26)55-4)39(50)45-19-10-9-13-31(43)40(51)52/h7-8,11-12,14-18,20-24,31,49H,9-10,13,19,43H2,1-6H3,(H,44,46)(H,45,50)(H,51,52)(H2,47,48,53)/t31-,58?/m0/s1. The van der Waals surface area contributed by atoms with E-state index in [1.54, 1.807) is 48.7 Å². The lowest BCUT2D eigenvalue weighted by molar-refractivity contribution is -0.138. The summed E-state index contributed by atoms with van der Waals surface area (Å²) < 4.78 is 32.5. The lowest BCUT2D eigenvalue weighted by Gasteiger charge is -2.24. The van der Waals surface area contributed by atoms with Crippen LogP contribution in [0.5, 0.6) is 23.0 Å². The second kappa shape index (κ2) is 19.2. The quantitative estimate of drug-likeness (QED) is 0.0451. The van der Waals surface area contributed by atoms with Crippen molar-refractivity contribution < 1.29 is 37.9 Å². The van der Waals surface area contributed by atoms with Crippen LogP contribution >= 0.6 is 0 Å². The normalized spacial score (nSPS) is 12.2. The molecule has 15 nitrogen and oxygen atoms in total. The largest absolute Gasteiger partial charge is 0.496 e. The second-order valence-corrected chi connectivity index (χ2v) is 15.5. The van der Waals surface area contributed by atoms with E-state index in [0.717, 1.165) is 16.3 Å². The summed E-state index contributed by atoms with van der Waals surface area (Å²) in [5.41, 5.74) is 8.59. The van der Waals surface area contributed by atoms with E-state index in [1.807, 2.05) is 57.2 Å². The molecule has 0 fully saturated rings. The Morgan fingerprint density at radius 2 is 1.59 bits per heavy atom. The first kappa shape index (κ1) is 42.7. The van der Waals surface area contributed by atoms with Crippen molar-refractivity contribution in [1.82, 2.24) is 10.3 Å². The number of benzene rings is 4. The molecule has 1 aromatic heterocycles. The molecule has 0 aliphatic rings. The number of nitrogens with two attached hydrogens (primary N) is 1. The van der Waals surface area contributed by atoms with Gasteiger partial charge in [0.1, 0.15) is 40.1 Å². The fourth-order valence-electron chi connectivity index (χ4n) is 6.03. The minimum atomic E-state index is -1.37. The van der Waals surface area contributed by atoms with Crippen molar-refractivity contribution in [3.05, 3.63) is 96.2 Å². The highest BCUT2D eigenvalue weighted by molar-refractivity contribution is 7.85. The Kier molecular flexibility index (Phi) is 14.1. The van der Waals surface area contributed by atoms with Gasteiger partial charge in [0.05, 0.1) is 36.8 Å². The van der Waals surface area contributed by atoms with Crippen LogP contribution in [0.1, 0.15) is 56.0 Å². The molecule has 0 aliphatic heterocycles. The van der Waals surface area contributed by atoms with E-state index >= 15 is 0 Å². The zero-order valence-corrected chi connectivity index (χ0v) is 34.0. The Balaban J connectivity index is 1.28. The van der Waals surface area contributed by atoms with Gasteiger partial charge in [0.15, 0.2) is 5.75 Å². The molecule has 0 aliphatic carbocycles. The van der Waals surface area contributed by atoms with Crippen molar-refractivity contribution in [3.63, 3.8) is 0 Å². The number of carboxylic acid groups (broad SMARTS) is 1. The molecule has 16 heteroatoms. The number of methoxy groups -OCH3 is 2. The topological polar surface area (TPSA) is 215 Å². The first-order chi connectivity index (χ1) is 27.7. The molecule has 58 heavy (non-hydrogen) atoms. The molecule has 2 atom stereocenters. The van der Waals surface area contributed by atoms with E-state index in [9.17, 15) is 18.6 Å². The lowest BCUT2D eigenvalue weighted by Crippen LogP contribution is -2.30. The van der Waals surface area contributed by atoms with Crippen molar-refractivity contribution in [2.24, 2.45) is 5.73 Å². The van der Waals surface area contributed by atoms with Crippen LogP contribution in [-0.4, -0.2) is 65.3 Å². The maximum atomic E-state index is 13.5. The first-order valence-corrected chi connectivity index (χ1v) is 20.0. The van der Waals surface area contributed by atoms with Crippen LogP contribution in [0.4, 0.5) is 33.4 Å². The maximum Gasteiger partial charge on any atom is 0.323 e. The van der Waals surface area contributed by atoms with Gasteiger partial charge in [-0.3, -0.25) is 9.59 Å². The van der Waals surface area contributed by atoms with Gasteiger partial charge in [-0.1, -0.05) is 45.0 Å². The summed E-state index contributed by atoms with van der Waals surface area (Å²) in [6.45, 7) is 6.49. The minimum absolute atomic E-state index is 0.271. The number of rotatable bonds is 17. The van der Waals surface area contributed by atoms with E-state index in [0.29, 0.717) is 82.9 Å². The van der Waals surface area contributed by atoms with Gasteiger partial charge in [-0.05, 0) is 72.7 Å². The number of nitrogens with zero attached hydrogens (tertiary/aromatic N) is 1. The molecule has 0 saturated heterocycles. The Labute approximate surface area is 339 Å². The highest BCUT2D eigenvalue weighted by Crippen LogP contribution is 2.40. The third-order valence-corrected chi connectivity index (χ3v) is 9.52. The van der Waals surface area contributed by atoms with Crippen molar-refractivity contribution in [2.75, 3.05) is 47.7 Å². The zero-order valence-electron chi connectivity index (χ0n) is 33.2. The SMILES string of the molecule is COc1cc(Nc2cc(Oc3ccc(NC(=O)Nc4cc(C(C)(C)C)cc(NS(C)=O)c4OC)c4ccccc34)ccn2)ccc1C(=O)NCCCC[C@H](N)C(=O)O. The van der Waals surface area contributed by atoms with Gasteiger partial charge in [0.2, 0.25) is 0 Å². The summed E-state index contributed by atoms with van der Waals surface area (Å²) in [5, 5.41) is 22.3. The summed E-state index contributed by atoms with van der Waals surface area (Å²) in [4.78, 5) is 41.7. The number of carbonyl (C=O) groups excluding carboxylic acids is 2. The molecular weight excluding hydrogens is 763 g/mol. The average molecular weight is 812 g/mol. The van der Waals surface area contributed by atoms with Gasteiger partial charge >= 0.3 is 12.0 Å². The monoisotopic (exact) mass is 811 g/mol. The van der Waals surface area contributed by atoms with Crippen molar-refractivity contribution in [2.45, 2.75) is 51.5 Å². The van der Waals surface area contributed by atoms with E-state index in [1.165, 1.54) is 20.5 Å².